The van der Waals surface area contributed by atoms with Crippen LogP contribution in [0.25, 0.3) is 0 Å². The molecule has 3 N–H and O–H groups in total. The molecule has 1 aromatic rings. The van der Waals surface area contributed by atoms with Crippen LogP contribution in [0.5, 0.6) is 0 Å². The number of hydrogen-bond donors (Lipinski definition) is 2. The number of halogens is 1. The van der Waals surface area contributed by atoms with Crippen molar-refractivity contribution in [3.63, 3.8) is 0 Å². The molecule has 0 bridgehead atoms. The van der Waals surface area contributed by atoms with Gasteiger partial charge in [0.2, 0.25) is 11.8 Å². The van der Waals surface area contributed by atoms with Gasteiger partial charge in [0.1, 0.15) is 11.9 Å². The second-order valence-corrected chi connectivity index (χ2v) is 4.83. The zero-order valence-electron chi connectivity index (χ0n) is 11.2. The van der Waals surface area contributed by atoms with Crippen molar-refractivity contribution in [3.05, 3.63) is 35.6 Å². The largest absolute Gasteiger partial charge is 0.368 e. The summed E-state index contributed by atoms with van der Waals surface area (Å²) in [7, 11) is 0. The monoisotopic (exact) mass is 266 g/mol. The molecule has 1 aromatic carbocycles. The SMILES string of the molecule is CC(CC(=O)NC(C)C(N)=O)Cc1cccc(F)c1. The number of hydrogen-bond acceptors (Lipinski definition) is 2. The highest BCUT2D eigenvalue weighted by atomic mass is 19.1. The number of nitrogens with one attached hydrogen (secondary N) is 1. The van der Waals surface area contributed by atoms with E-state index in [0.717, 1.165) is 5.56 Å². The van der Waals surface area contributed by atoms with Gasteiger partial charge in [0.15, 0.2) is 0 Å². The minimum absolute atomic E-state index is 0.0573. The van der Waals surface area contributed by atoms with Gasteiger partial charge in [-0.15, -0.1) is 0 Å². The Balaban J connectivity index is 2.45. The summed E-state index contributed by atoms with van der Waals surface area (Å²) in [5.41, 5.74) is 5.91. The van der Waals surface area contributed by atoms with Gasteiger partial charge < -0.3 is 11.1 Å². The number of primary amides is 1. The average molecular weight is 266 g/mol. The van der Waals surface area contributed by atoms with Gasteiger partial charge >= 0.3 is 0 Å². The third kappa shape index (κ3) is 5.50. The molecule has 0 saturated carbocycles. The fourth-order valence-corrected chi connectivity index (χ4v) is 1.83. The zero-order chi connectivity index (χ0) is 14.4. The Morgan fingerprint density at radius 1 is 1.37 bits per heavy atom. The fraction of sp³-hybridized carbons (Fsp3) is 0.429. The predicted molar refractivity (Wildman–Crippen MR) is 70.7 cm³/mol. The molecule has 0 fully saturated rings. The second kappa shape index (κ2) is 6.87. The number of benzene rings is 1. The Labute approximate surface area is 112 Å². The third-order valence-electron chi connectivity index (χ3n) is 2.81. The summed E-state index contributed by atoms with van der Waals surface area (Å²) in [6.45, 7) is 3.44. The highest BCUT2D eigenvalue weighted by Crippen LogP contribution is 2.13. The number of amides is 2. The Bertz CT molecular complexity index is 463. The van der Waals surface area contributed by atoms with E-state index in [2.05, 4.69) is 5.32 Å². The maximum absolute atomic E-state index is 13.0. The summed E-state index contributed by atoms with van der Waals surface area (Å²) in [6, 6.07) is 5.64. The van der Waals surface area contributed by atoms with E-state index in [1.54, 1.807) is 6.07 Å². The van der Waals surface area contributed by atoms with Gasteiger partial charge in [-0.1, -0.05) is 19.1 Å². The molecule has 2 unspecified atom stereocenters. The molecule has 1 rings (SSSR count). The highest BCUT2D eigenvalue weighted by Gasteiger charge is 2.15. The Hall–Kier alpha value is -1.91. The lowest BCUT2D eigenvalue weighted by Crippen LogP contribution is -2.42. The molecule has 0 aromatic heterocycles. The molecular formula is C14H19FN2O2. The highest BCUT2D eigenvalue weighted by molar-refractivity contribution is 5.86. The zero-order valence-corrected chi connectivity index (χ0v) is 11.2. The van der Waals surface area contributed by atoms with Crippen LogP contribution in [0.15, 0.2) is 24.3 Å². The van der Waals surface area contributed by atoms with E-state index >= 15 is 0 Å². The summed E-state index contributed by atoms with van der Waals surface area (Å²) in [6.07, 6.45) is 0.879. The van der Waals surface area contributed by atoms with Gasteiger partial charge in [0.25, 0.3) is 0 Å². The second-order valence-electron chi connectivity index (χ2n) is 4.83. The van der Waals surface area contributed by atoms with Gasteiger partial charge in [0.05, 0.1) is 0 Å². The van der Waals surface area contributed by atoms with Gasteiger partial charge in [-0.2, -0.15) is 0 Å². The summed E-state index contributed by atoms with van der Waals surface area (Å²) in [5, 5.41) is 2.52. The van der Waals surface area contributed by atoms with Crippen molar-refractivity contribution < 1.29 is 14.0 Å². The molecule has 0 saturated heterocycles. The molecule has 2 atom stereocenters. The van der Waals surface area contributed by atoms with Crippen LogP contribution in [-0.4, -0.2) is 17.9 Å². The number of nitrogens with two attached hydrogens (primary N) is 1. The molecular weight excluding hydrogens is 247 g/mol. The summed E-state index contributed by atoms with van der Waals surface area (Å²) in [4.78, 5) is 22.4. The van der Waals surface area contributed by atoms with E-state index in [4.69, 9.17) is 5.73 Å². The lowest BCUT2D eigenvalue weighted by Gasteiger charge is -2.14. The first-order valence-corrected chi connectivity index (χ1v) is 6.21. The maximum Gasteiger partial charge on any atom is 0.239 e. The van der Waals surface area contributed by atoms with Crippen molar-refractivity contribution in [3.8, 4) is 0 Å². The van der Waals surface area contributed by atoms with E-state index < -0.39 is 11.9 Å². The van der Waals surface area contributed by atoms with Crippen LogP contribution in [0.4, 0.5) is 4.39 Å². The van der Waals surface area contributed by atoms with Crippen LogP contribution >= 0.6 is 0 Å². The number of rotatable bonds is 6. The van der Waals surface area contributed by atoms with Crippen molar-refractivity contribution in [1.29, 1.82) is 0 Å². The van der Waals surface area contributed by atoms with E-state index in [0.29, 0.717) is 6.42 Å². The first kappa shape index (κ1) is 15.1. The van der Waals surface area contributed by atoms with Crippen molar-refractivity contribution >= 4 is 11.8 Å². The Kier molecular flexibility index (Phi) is 5.48. The first-order valence-electron chi connectivity index (χ1n) is 6.21. The minimum atomic E-state index is -0.672. The first-order chi connectivity index (χ1) is 8.88. The maximum atomic E-state index is 13.0. The summed E-state index contributed by atoms with van der Waals surface area (Å²) < 4.78 is 13.0. The van der Waals surface area contributed by atoms with Gasteiger partial charge in [-0.3, -0.25) is 9.59 Å². The average Bonchev–Trinajstić information content (AvgIpc) is 2.27. The molecule has 5 heteroatoms. The lowest BCUT2D eigenvalue weighted by atomic mass is 9.97. The molecule has 2 amide bonds. The van der Waals surface area contributed by atoms with Crippen LogP contribution in [0.3, 0.4) is 0 Å². The van der Waals surface area contributed by atoms with Crippen LogP contribution in [0.2, 0.25) is 0 Å². The standard InChI is InChI=1S/C14H19FN2O2/c1-9(6-11-4-3-5-12(15)8-11)7-13(18)17-10(2)14(16)19/h3-5,8-10H,6-7H2,1-2H3,(H2,16,19)(H,17,18). The molecule has 0 aliphatic rings. The quantitative estimate of drug-likeness (QED) is 0.816. The minimum Gasteiger partial charge on any atom is -0.368 e. The molecule has 0 spiro atoms. The number of carbonyl (C=O) groups excluding carboxylic acids is 2. The molecule has 0 aliphatic carbocycles. The Morgan fingerprint density at radius 2 is 2.05 bits per heavy atom. The van der Waals surface area contributed by atoms with Gasteiger partial charge in [0, 0.05) is 6.42 Å². The smallest absolute Gasteiger partial charge is 0.239 e. The van der Waals surface area contributed by atoms with Gasteiger partial charge in [-0.25, -0.2) is 4.39 Å². The molecule has 0 radical (unpaired) electrons. The third-order valence-corrected chi connectivity index (χ3v) is 2.81. The normalized spacial score (nSPS) is 13.6. The predicted octanol–water partition coefficient (Wildman–Crippen LogP) is 1.38. The van der Waals surface area contributed by atoms with Crippen molar-refractivity contribution in [2.24, 2.45) is 11.7 Å². The van der Waals surface area contributed by atoms with Crippen molar-refractivity contribution in [2.45, 2.75) is 32.7 Å². The lowest BCUT2D eigenvalue weighted by molar-refractivity contribution is -0.127. The molecule has 0 aliphatic heterocycles. The topological polar surface area (TPSA) is 72.2 Å². The summed E-state index contributed by atoms with van der Waals surface area (Å²) >= 11 is 0. The van der Waals surface area contributed by atoms with Crippen LogP contribution < -0.4 is 11.1 Å². The molecule has 104 valence electrons. The van der Waals surface area contributed by atoms with E-state index in [1.165, 1.54) is 19.1 Å². The van der Waals surface area contributed by atoms with Crippen LogP contribution in [0, 0.1) is 11.7 Å². The molecule has 19 heavy (non-hydrogen) atoms. The molecule has 4 nitrogen and oxygen atoms in total. The summed E-state index contributed by atoms with van der Waals surface area (Å²) in [5.74, 6) is -1.01. The van der Waals surface area contributed by atoms with Crippen molar-refractivity contribution in [1.82, 2.24) is 5.32 Å². The molecule has 0 heterocycles. The Morgan fingerprint density at radius 3 is 2.63 bits per heavy atom. The fourth-order valence-electron chi connectivity index (χ4n) is 1.83. The van der Waals surface area contributed by atoms with E-state index in [1.807, 2.05) is 13.0 Å². The number of carbonyl (C=O) groups is 2. The van der Waals surface area contributed by atoms with Crippen molar-refractivity contribution in [2.75, 3.05) is 0 Å². The van der Waals surface area contributed by atoms with Gasteiger partial charge in [-0.05, 0) is 37.0 Å². The van der Waals surface area contributed by atoms with Crippen LogP contribution in [-0.2, 0) is 16.0 Å². The van der Waals surface area contributed by atoms with E-state index in [-0.39, 0.29) is 24.1 Å². The van der Waals surface area contributed by atoms with E-state index in [9.17, 15) is 14.0 Å². The van der Waals surface area contributed by atoms with Crippen LogP contribution in [0.1, 0.15) is 25.8 Å².